The minimum atomic E-state index is -0.336. The third-order valence-electron chi connectivity index (χ3n) is 4.63. The van der Waals surface area contributed by atoms with Crippen LogP contribution in [0.5, 0.6) is 0 Å². The number of ether oxygens (including phenoxy) is 1. The van der Waals surface area contributed by atoms with Gasteiger partial charge in [0.1, 0.15) is 0 Å². The number of benzene rings is 2. The van der Waals surface area contributed by atoms with Gasteiger partial charge in [-0.25, -0.2) is 4.79 Å². The van der Waals surface area contributed by atoms with E-state index in [4.69, 9.17) is 15.3 Å². The van der Waals surface area contributed by atoms with E-state index < -0.39 is 0 Å². The van der Waals surface area contributed by atoms with Gasteiger partial charge in [0, 0.05) is 18.9 Å². The van der Waals surface area contributed by atoms with Gasteiger partial charge in [-0.3, -0.25) is 0 Å². The lowest BCUT2D eigenvalue weighted by Crippen LogP contribution is -2.11. The van der Waals surface area contributed by atoms with Crippen molar-refractivity contribution < 1.29 is 9.53 Å². The Balaban J connectivity index is 1.88. The molecule has 0 saturated carbocycles. The topological polar surface area (TPSA) is 78.8 Å². The summed E-state index contributed by atoms with van der Waals surface area (Å²) in [5.41, 5.74) is 4.60. The number of hydrogen-bond acceptors (Lipinski definition) is 4. The largest absolute Gasteiger partial charge is 0.462 e. The lowest BCUT2D eigenvalue weighted by molar-refractivity contribution is 0.0458. The summed E-state index contributed by atoms with van der Waals surface area (Å²) in [5.74, 6) is -0.0800. The Morgan fingerprint density at radius 3 is 2.40 bits per heavy atom. The van der Waals surface area contributed by atoms with Gasteiger partial charge in [-0.15, -0.1) is 0 Å². The molecule has 0 aliphatic carbocycles. The van der Waals surface area contributed by atoms with Gasteiger partial charge >= 0.3 is 5.97 Å². The van der Waals surface area contributed by atoms with Crippen molar-refractivity contribution in [3.05, 3.63) is 94.3 Å². The van der Waals surface area contributed by atoms with E-state index in [1.165, 1.54) is 0 Å². The van der Waals surface area contributed by atoms with Crippen molar-refractivity contribution in [1.29, 1.82) is 10.5 Å². The van der Waals surface area contributed by atoms with Crippen LogP contribution < -0.4 is 0 Å². The van der Waals surface area contributed by atoms with Crippen molar-refractivity contribution in [3.8, 4) is 12.1 Å². The van der Waals surface area contributed by atoms with Crippen LogP contribution in [0.1, 0.15) is 52.0 Å². The van der Waals surface area contributed by atoms with Gasteiger partial charge < -0.3 is 9.30 Å². The first-order chi connectivity index (χ1) is 14.5. The van der Waals surface area contributed by atoms with Crippen molar-refractivity contribution in [2.24, 2.45) is 5.92 Å². The van der Waals surface area contributed by atoms with Gasteiger partial charge in [-0.1, -0.05) is 38.1 Å². The summed E-state index contributed by atoms with van der Waals surface area (Å²) < 4.78 is 7.41. The van der Waals surface area contributed by atoms with Crippen LogP contribution in [0.4, 0.5) is 0 Å². The highest BCUT2D eigenvalue weighted by molar-refractivity contribution is 5.91. The van der Waals surface area contributed by atoms with E-state index in [0.717, 1.165) is 16.7 Å². The highest BCUT2D eigenvalue weighted by Crippen LogP contribution is 2.19. The second-order valence-corrected chi connectivity index (χ2v) is 7.66. The van der Waals surface area contributed by atoms with Gasteiger partial charge in [0.15, 0.2) is 0 Å². The van der Waals surface area contributed by atoms with Crippen LogP contribution in [-0.2, 0) is 17.7 Å². The molecule has 0 atom stereocenters. The van der Waals surface area contributed by atoms with Crippen LogP contribution in [0.2, 0.25) is 0 Å². The lowest BCUT2D eigenvalue weighted by Gasteiger charge is -2.08. The van der Waals surface area contributed by atoms with E-state index >= 15 is 0 Å². The Kier molecular flexibility index (Phi) is 6.67. The Hall–Kier alpha value is -3.83. The maximum absolute atomic E-state index is 12.7. The third kappa shape index (κ3) is 5.37. The van der Waals surface area contributed by atoms with E-state index in [-0.39, 0.29) is 11.9 Å². The van der Waals surface area contributed by atoms with Gasteiger partial charge in [-0.2, -0.15) is 10.5 Å². The SMILES string of the molecule is CC(C)COC(=O)c1cn(Cc2cccc(C#N)c2)cc1Cc1ccc(C#N)cc1. The van der Waals surface area contributed by atoms with Gasteiger partial charge in [0.25, 0.3) is 0 Å². The Bertz CT molecular complexity index is 1110. The molecule has 150 valence electrons. The third-order valence-corrected chi connectivity index (χ3v) is 4.63. The zero-order valence-electron chi connectivity index (χ0n) is 17.1. The van der Waals surface area contributed by atoms with E-state index in [1.54, 1.807) is 24.4 Å². The average molecular weight is 397 g/mol. The predicted molar refractivity (Wildman–Crippen MR) is 114 cm³/mol. The van der Waals surface area contributed by atoms with Crippen LogP contribution in [0.15, 0.2) is 60.9 Å². The monoisotopic (exact) mass is 397 g/mol. The summed E-state index contributed by atoms with van der Waals surface area (Å²) in [7, 11) is 0. The molecule has 0 fully saturated rings. The minimum Gasteiger partial charge on any atom is -0.462 e. The van der Waals surface area contributed by atoms with Crippen molar-refractivity contribution in [3.63, 3.8) is 0 Å². The number of esters is 1. The van der Waals surface area contributed by atoms with E-state index in [1.807, 2.05) is 54.9 Å². The summed E-state index contributed by atoms with van der Waals surface area (Å²) in [4.78, 5) is 12.7. The van der Waals surface area contributed by atoms with Crippen molar-refractivity contribution in [1.82, 2.24) is 4.57 Å². The van der Waals surface area contributed by atoms with E-state index in [9.17, 15) is 4.79 Å². The van der Waals surface area contributed by atoms with E-state index in [2.05, 4.69) is 12.1 Å². The first kappa shape index (κ1) is 20.9. The van der Waals surface area contributed by atoms with Gasteiger partial charge in [0.2, 0.25) is 0 Å². The number of nitrogens with zero attached hydrogens (tertiary/aromatic N) is 3. The second kappa shape index (κ2) is 9.58. The second-order valence-electron chi connectivity index (χ2n) is 7.66. The molecule has 0 aliphatic rings. The zero-order valence-corrected chi connectivity index (χ0v) is 17.1. The molecule has 0 radical (unpaired) electrons. The number of carbonyl (C=O) groups excluding carboxylic acids is 1. The molecular weight excluding hydrogens is 374 g/mol. The summed E-state index contributed by atoms with van der Waals surface area (Å²) >= 11 is 0. The molecule has 5 nitrogen and oxygen atoms in total. The molecule has 0 bridgehead atoms. The molecule has 1 heterocycles. The summed E-state index contributed by atoms with van der Waals surface area (Å²) in [5, 5.41) is 18.1. The molecule has 0 N–H and O–H groups in total. The standard InChI is InChI=1S/C25H23N3O2/c1-18(2)17-30-25(29)24-16-28(14-22-5-3-4-21(10-22)13-27)15-23(24)11-19-6-8-20(12-26)9-7-19/h3-10,15-16,18H,11,14,17H2,1-2H3. The first-order valence-electron chi connectivity index (χ1n) is 9.82. The first-order valence-corrected chi connectivity index (χ1v) is 9.82. The number of nitriles is 2. The number of hydrogen-bond donors (Lipinski definition) is 0. The molecular formula is C25H23N3O2. The highest BCUT2D eigenvalue weighted by Gasteiger charge is 2.17. The maximum Gasteiger partial charge on any atom is 0.339 e. The van der Waals surface area contributed by atoms with Crippen molar-refractivity contribution in [2.75, 3.05) is 6.61 Å². The normalized spacial score (nSPS) is 10.4. The molecule has 0 aliphatic heterocycles. The molecule has 0 amide bonds. The van der Waals surface area contributed by atoms with E-state index in [0.29, 0.717) is 36.3 Å². The smallest absolute Gasteiger partial charge is 0.339 e. The molecule has 0 saturated heterocycles. The number of rotatable bonds is 7. The fraction of sp³-hybridized carbons (Fsp3) is 0.240. The minimum absolute atomic E-state index is 0.256. The summed E-state index contributed by atoms with van der Waals surface area (Å²) in [6, 6.07) is 19.0. The Labute approximate surface area is 176 Å². The lowest BCUT2D eigenvalue weighted by atomic mass is 10.0. The molecule has 0 spiro atoms. The van der Waals surface area contributed by atoms with Gasteiger partial charge in [-0.05, 0) is 53.3 Å². The summed E-state index contributed by atoms with van der Waals surface area (Å²) in [6.07, 6.45) is 4.31. The maximum atomic E-state index is 12.7. The number of carbonyl (C=O) groups is 1. The van der Waals surface area contributed by atoms with Gasteiger partial charge in [0.05, 0.1) is 35.4 Å². The quantitative estimate of drug-likeness (QED) is 0.542. The van der Waals surface area contributed by atoms with Crippen LogP contribution in [0, 0.1) is 28.6 Å². The molecule has 2 aromatic carbocycles. The fourth-order valence-electron chi connectivity index (χ4n) is 3.16. The molecule has 3 aromatic rings. The summed E-state index contributed by atoms with van der Waals surface area (Å²) in [6.45, 7) is 4.91. The number of aromatic nitrogens is 1. The van der Waals surface area contributed by atoms with Crippen molar-refractivity contribution in [2.45, 2.75) is 26.8 Å². The van der Waals surface area contributed by atoms with Crippen LogP contribution in [0.25, 0.3) is 0 Å². The van der Waals surface area contributed by atoms with Crippen LogP contribution >= 0.6 is 0 Å². The molecule has 0 unspecified atom stereocenters. The molecule has 3 rings (SSSR count). The Morgan fingerprint density at radius 2 is 1.73 bits per heavy atom. The molecule has 1 aromatic heterocycles. The average Bonchev–Trinajstić information content (AvgIpc) is 3.14. The Morgan fingerprint density at radius 1 is 1.00 bits per heavy atom. The zero-order chi connectivity index (χ0) is 21.5. The fourth-order valence-corrected chi connectivity index (χ4v) is 3.16. The van der Waals surface area contributed by atoms with Crippen molar-refractivity contribution >= 4 is 5.97 Å². The highest BCUT2D eigenvalue weighted by atomic mass is 16.5. The molecule has 5 heteroatoms. The predicted octanol–water partition coefficient (Wildman–Crippen LogP) is 4.68. The van der Waals surface area contributed by atoms with Crippen LogP contribution in [0.3, 0.4) is 0 Å². The van der Waals surface area contributed by atoms with Crippen LogP contribution in [-0.4, -0.2) is 17.1 Å². The molecule has 30 heavy (non-hydrogen) atoms.